The quantitative estimate of drug-likeness (QED) is 0.493. The molecule has 0 aromatic carbocycles. The minimum atomic E-state index is -2.95. The predicted octanol–water partition coefficient (Wildman–Crippen LogP) is 3.37. The average Bonchev–Trinajstić information content (AvgIpc) is 3.34. The number of aryl methyl sites for hydroxylation is 1. The van der Waals surface area contributed by atoms with Crippen molar-refractivity contribution in [3.63, 3.8) is 0 Å². The van der Waals surface area contributed by atoms with Gasteiger partial charge in [0.05, 0.1) is 22.3 Å². The van der Waals surface area contributed by atoms with Gasteiger partial charge in [0, 0.05) is 11.3 Å². The molecule has 4 rings (SSSR count). The van der Waals surface area contributed by atoms with Crippen LogP contribution in [0.2, 0.25) is 0 Å². The molecule has 2 aromatic rings. The Morgan fingerprint density at radius 2 is 2.16 bits per heavy atom. The molecule has 2 atom stereocenters. The SMILES string of the molecule is C[C@H](Sc1nnc(C[C@H]2CCS(=O)(=O)C2)o1)C(=O)Nc1sc2c(c1C#N)CCCCC2. The molecule has 1 saturated heterocycles. The van der Waals surface area contributed by atoms with Crippen LogP contribution in [0.3, 0.4) is 0 Å². The Morgan fingerprint density at radius 1 is 1.35 bits per heavy atom. The van der Waals surface area contributed by atoms with E-state index in [1.54, 1.807) is 6.92 Å². The number of hydrogen-bond donors (Lipinski definition) is 1. The molecule has 166 valence electrons. The van der Waals surface area contributed by atoms with E-state index in [9.17, 15) is 18.5 Å². The van der Waals surface area contributed by atoms with E-state index in [0.29, 0.717) is 29.3 Å². The molecule has 3 heterocycles. The average molecular weight is 481 g/mol. The molecule has 2 aromatic heterocycles. The maximum absolute atomic E-state index is 12.7. The second-order valence-corrected chi connectivity index (χ2v) is 12.7. The summed E-state index contributed by atoms with van der Waals surface area (Å²) in [4.78, 5) is 13.9. The fourth-order valence-electron chi connectivity index (χ4n) is 4.02. The minimum absolute atomic E-state index is 0.00230. The largest absolute Gasteiger partial charge is 0.416 e. The summed E-state index contributed by atoms with van der Waals surface area (Å²) in [6, 6.07) is 2.27. The number of nitrogens with zero attached hydrogens (tertiary/aromatic N) is 3. The van der Waals surface area contributed by atoms with E-state index in [4.69, 9.17) is 4.42 Å². The standard InChI is InChI=1S/C20H24N4O4S3/c1-12(29-20-24-23-17(28-20)9-13-7-8-31(26,27)11-13)18(25)22-19-15(10-21)14-5-3-2-4-6-16(14)30-19/h12-13H,2-9,11H2,1H3,(H,22,25)/t12-,13+/m0/s1. The molecule has 0 unspecified atom stereocenters. The molecule has 11 heteroatoms. The molecule has 0 bridgehead atoms. The van der Waals surface area contributed by atoms with E-state index in [1.807, 2.05) is 0 Å². The van der Waals surface area contributed by atoms with Crippen LogP contribution >= 0.6 is 23.1 Å². The Morgan fingerprint density at radius 3 is 2.90 bits per heavy atom. The van der Waals surface area contributed by atoms with Crippen LogP contribution in [0.1, 0.15) is 54.5 Å². The lowest BCUT2D eigenvalue weighted by atomic mass is 10.1. The molecular weight excluding hydrogens is 456 g/mol. The van der Waals surface area contributed by atoms with E-state index < -0.39 is 15.1 Å². The van der Waals surface area contributed by atoms with Crippen LogP contribution in [0, 0.1) is 17.2 Å². The van der Waals surface area contributed by atoms with Crippen LogP contribution in [0.4, 0.5) is 5.00 Å². The first kappa shape index (κ1) is 22.3. The third-order valence-electron chi connectivity index (χ3n) is 5.66. The van der Waals surface area contributed by atoms with Gasteiger partial charge in [-0.3, -0.25) is 4.79 Å². The van der Waals surface area contributed by atoms with Gasteiger partial charge in [-0.2, -0.15) is 5.26 Å². The van der Waals surface area contributed by atoms with Gasteiger partial charge in [0.2, 0.25) is 11.8 Å². The van der Waals surface area contributed by atoms with Gasteiger partial charge in [-0.05, 0) is 50.5 Å². The van der Waals surface area contributed by atoms with Crippen LogP contribution in [0.5, 0.6) is 0 Å². The third-order valence-corrected chi connectivity index (χ3v) is 9.63. The van der Waals surface area contributed by atoms with Crippen molar-refractivity contribution in [2.45, 2.75) is 62.3 Å². The number of thiophene rings is 1. The fraction of sp³-hybridized carbons (Fsp3) is 0.600. The Bertz CT molecular complexity index is 1120. The number of amides is 1. The van der Waals surface area contributed by atoms with Crippen molar-refractivity contribution in [3.05, 3.63) is 21.9 Å². The second-order valence-electron chi connectivity index (χ2n) is 8.06. The van der Waals surface area contributed by atoms with Gasteiger partial charge in [0.1, 0.15) is 11.1 Å². The summed E-state index contributed by atoms with van der Waals surface area (Å²) in [6.07, 6.45) is 6.25. The lowest BCUT2D eigenvalue weighted by Crippen LogP contribution is -2.22. The summed E-state index contributed by atoms with van der Waals surface area (Å²) in [5, 5.41) is 20.9. The number of fused-ring (bicyclic) bond motifs is 1. The first-order valence-corrected chi connectivity index (χ1v) is 13.9. The zero-order valence-electron chi connectivity index (χ0n) is 17.2. The molecule has 1 amide bonds. The summed E-state index contributed by atoms with van der Waals surface area (Å²) < 4.78 is 28.8. The maximum Gasteiger partial charge on any atom is 0.277 e. The number of nitrogens with one attached hydrogen (secondary N) is 1. The molecule has 1 aliphatic heterocycles. The second kappa shape index (κ2) is 9.30. The van der Waals surface area contributed by atoms with Crippen LogP contribution in [0.25, 0.3) is 0 Å². The normalized spacial score (nSPS) is 21.1. The molecule has 31 heavy (non-hydrogen) atoms. The Labute approximate surface area is 189 Å². The van der Waals surface area contributed by atoms with Crippen molar-refractivity contribution in [1.82, 2.24) is 10.2 Å². The Kier molecular flexibility index (Phi) is 6.69. The zero-order chi connectivity index (χ0) is 22.0. The van der Waals surface area contributed by atoms with E-state index >= 15 is 0 Å². The van der Waals surface area contributed by atoms with Crippen LogP contribution in [-0.2, 0) is 33.9 Å². The van der Waals surface area contributed by atoms with Gasteiger partial charge in [0.15, 0.2) is 9.84 Å². The van der Waals surface area contributed by atoms with Crippen LogP contribution in [0.15, 0.2) is 9.64 Å². The van der Waals surface area contributed by atoms with Gasteiger partial charge in [-0.1, -0.05) is 18.2 Å². The third kappa shape index (κ3) is 5.30. The highest BCUT2D eigenvalue weighted by molar-refractivity contribution is 8.00. The number of carbonyl (C=O) groups is 1. The van der Waals surface area contributed by atoms with Gasteiger partial charge in [0.25, 0.3) is 5.22 Å². The van der Waals surface area contributed by atoms with Crippen molar-refractivity contribution >= 4 is 43.8 Å². The molecule has 8 nitrogen and oxygen atoms in total. The summed E-state index contributed by atoms with van der Waals surface area (Å²) >= 11 is 2.66. The highest BCUT2D eigenvalue weighted by Crippen LogP contribution is 2.37. The molecular formula is C20H24N4O4S3. The molecule has 0 spiro atoms. The number of thioether (sulfide) groups is 1. The number of hydrogen-bond acceptors (Lipinski definition) is 9. The van der Waals surface area contributed by atoms with Gasteiger partial charge in [-0.15, -0.1) is 21.5 Å². The Hall–Kier alpha value is -1.90. The zero-order valence-corrected chi connectivity index (χ0v) is 19.7. The number of carbonyl (C=O) groups excluding carboxylic acids is 1. The van der Waals surface area contributed by atoms with E-state index in [2.05, 4.69) is 21.6 Å². The topological polar surface area (TPSA) is 126 Å². The fourth-order valence-corrected chi connectivity index (χ4v) is 7.82. The van der Waals surface area contributed by atoms with E-state index in [1.165, 1.54) is 22.6 Å². The van der Waals surface area contributed by atoms with Crippen LogP contribution in [-0.4, -0.2) is 41.3 Å². The number of anilines is 1. The van der Waals surface area contributed by atoms with E-state index in [-0.39, 0.29) is 28.6 Å². The molecule has 1 aliphatic carbocycles. The molecule has 2 aliphatic rings. The van der Waals surface area contributed by atoms with Crippen molar-refractivity contribution < 1.29 is 17.6 Å². The van der Waals surface area contributed by atoms with Crippen molar-refractivity contribution in [3.8, 4) is 6.07 Å². The van der Waals surface area contributed by atoms with Crippen molar-refractivity contribution in [2.24, 2.45) is 5.92 Å². The highest BCUT2D eigenvalue weighted by Gasteiger charge is 2.30. The molecule has 1 fully saturated rings. The highest BCUT2D eigenvalue weighted by atomic mass is 32.2. The smallest absolute Gasteiger partial charge is 0.277 e. The predicted molar refractivity (Wildman–Crippen MR) is 119 cm³/mol. The summed E-state index contributed by atoms with van der Waals surface area (Å²) in [5.74, 6) is 0.539. The van der Waals surface area contributed by atoms with Crippen molar-refractivity contribution in [2.75, 3.05) is 16.8 Å². The number of aromatic nitrogens is 2. The Balaban J connectivity index is 1.36. The molecule has 0 saturated carbocycles. The number of sulfone groups is 1. The lowest BCUT2D eigenvalue weighted by molar-refractivity contribution is -0.115. The maximum atomic E-state index is 12.7. The van der Waals surface area contributed by atoms with Crippen molar-refractivity contribution in [1.29, 1.82) is 5.26 Å². The summed E-state index contributed by atoms with van der Waals surface area (Å²) in [6.45, 7) is 1.75. The van der Waals surface area contributed by atoms with E-state index in [0.717, 1.165) is 43.0 Å². The molecule has 0 radical (unpaired) electrons. The summed E-state index contributed by atoms with van der Waals surface area (Å²) in [7, 11) is -2.95. The summed E-state index contributed by atoms with van der Waals surface area (Å²) in [5.41, 5.74) is 1.69. The monoisotopic (exact) mass is 480 g/mol. The van der Waals surface area contributed by atoms with Gasteiger partial charge < -0.3 is 9.73 Å². The minimum Gasteiger partial charge on any atom is -0.416 e. The molecule has 1 N–H and O–H groups in total. The first-order chi connectivity index (χ1) is 14.8. The van der Waals surface area contributed by atoms with Crippen LogP contribution < -0.4 is 5.32 Å². The number of nitriles is 1. The number of rotatable bonds is 6. The van der Waals surface area contributed by atoms with Gasteiger partial charge >= 0.3 is 0 Å². The van der Waals surface area contributed by atoms with Gasteiger partial charge in [-0.25, -0.2) is 8.42 Å². The first-order valence-electron chi connectivity index (χ1n) is 10.4. The lowest BCUT2D eigenvalue weighted by Gasteiger charge is -2.09.